The summed E-state index contributed by atoms with van der Waals surface area (Å²) in [5, 5.41) is 5.28. The van der Waals surface area contributed by atoms with Crippen molar-refractivity contribution in [3.8, 4) is 0 Å². The molecule has 2 atom stereocenters. The molecular weight excluding hydrogens is 344 g/mol. The van der Waals surface area contributed by atoms with Gasteiger partial charge in [0.05, 0.1) is 16.7 Å². The van der Waals surface area contributed by atoms with E-state index in [4.69, 9.17) is 4.74 Å². The van der Waals surface area contributed by atoms with Crippen LogP contribution in [0.1, 0.15) is 45.7 Å². The molecule has 1 aliphatic heterocycles. The average molecular weight is 368 g/mol. The summed E-state index contributed by atoms with van der Waals surface area (Å²) in [5.41, 5.74) is -0.0803. The molecule has 0 radical (unpaired) electrons. The fraction of sp³-hybridized carbons (Fsp3) is 0.529. The number of hydrogen-bond acceptors (Lipinski definition) is 5. The molecule has 1 heterocycles. The lowest BCUT2D eigenvalue weighted by atomic mass is 10.0. The lowest BCUT2D eigenvalue weighted by Gasteiger charge is -2.28. The van der Waals surface area contributed by atoms with Crippen LogP contribution in [0.3, 0.4) is 0 Å². The molecule has 1 aliphatic rings. The van der Waals surface area contributed by atoms with Crippen molar-refractivity contribution in [1.82, 2.24) is 10.6 Å². The summed E-state index contributed by atoms with van der Waals surface area (Å²) in [4.78, 5) is 24.4. The maximum absolute atomic E-state index is 12.4. The fourth-order valence-corrected chi connectivity index (χ4v) is 4.21. The molecule has 2 N–H and O–H groups in total. The zero-order valence-corrected chi connectivity index (χ0v) is 15.6. The molecule has 0 aromatic heterocycles. The Hall–Kier alpha value is -2.09. The quantitative estimate of drug-likeness (QED) is 0.849. The maximum atomic E-state index is 12.4. The van der Waals surface area contributed by atoms with E-state index >= 15 is 0 Å². The molecule has 0 aliphatic carbocycles. The molecule has 7 nitrogen and oxygen atoms in total. The highest BCUT2D eigenvalue weighted by Gasteiger charge is 2.32. The molecule has 0 saturated carbocycles. The molecule has 0 bridgehead atoms. The number of amides is 2. The first-order chi connectivity index (χ1) is 11.5. The van der Waals surface area contributed by atoms with Crippen LogP contribution in [0.2, 0.25) is 0 Å². The number of fused-ring (bicyclic) bond motifs is 1. The number of sulfone groups is 1. The molecule has 1 aromatic carbocycles. The van der Waals surface area contributed by atoms with Crippen LogP contribution in [0.25, 0.3) is 0 Å². The van der Waals surface area contributed by atoms with Crippen LogP contribution in [0, 0.1) is 0 Å². The molecule has 2 rings (SSSR count). The summed E-state index contributed by atoms with van der Waals surface area (Å²) in [5.74, 6) is -0.423. The minimum atomic E-state index is -3.31. The van der Waals surface area contributed by atoms with Crippen molar-refractivity contribution < 1.29 is 22.7 Å². The third-order valence-corrected chi connectivity index (χ3v) is 5.56. The van der Waals surface area contributed by atoms with Crippen LogP contribution >= 0.6 is 0 Å². The summed E-state index contributed by atoms with van der Waals surface area (Å²) in [6.07, 6.45) is -0.383. The monoisotopic (exact) mass is 368 g/mol. The van der Waals surface area contributed by atoms with Gasteiger partial charge in [-0.25, -0.2) is 13.2 Å². The highest BCUT2D eigenvalue weighted by atomic mass is 32.2. The van der Waals surface area contributed by atoms with Crippen LogP contribution in [-0.2, 0) is 19.4 Å². The summed E-state index contributed by atoms with van der Waals surface area (Å²) in [6.45, 7) is 6.74. The number of rotatable bonds is 3. The van der Waals surface area contributed by atoms with Gasteiger partial charge in [-0.05, 0) is 45.7 Å². The topological polar surface area (TPSA) is 102 Å². The van der Waals surface area contributed by atoms with E-state index in [1.54, 1.807) is 52.0 Å². The Bertz CT molecular complexity index is 767. The van der Waals surface area contributed by atoms with E-state index in [9.17, 15) is 18.0 Å². The Labute approximate surface area is 148 Å². The van der Waals surface area contributed by atoms with Gasteiger partial charge < -0.3 is 15.4 Å². The smallest absolute Gasteiger partial charge is 0.408 e. The molecular formula is C17H24N2O5S. The Morgan fingerprint density at radius 2 is 1.88 bits per heavy atom. The number of carbonyl (C=O) groups excluding carboxylic acids is 2. The minimum Gasteiger partial charge on any atom is -0.444 e. The van der Waals surface area contributed by atoms with Crippen molar-refractivity contribution in [2.45, 2.75) is 56.7 Å². The predicted octanol–water partition coefficient (Wildman–Crippen LogP) is 1.93. The summed E-state index contributed by atoms with van der Waals surface area (Å²) >= 11 is 0. The lowest BCUT2D eigenvalue weighted by Crippen LogP contribution is -2.48. The van der Waals surface area contributed by atoms with E-state index in [0.29, 0.717) is 12.0 Å². The van der Waals surface area contributed by atoms with Gasteiger partial charge in [0.25, 0.3) is 0 Å². The second kappa shape index (κ2) is 7.03. The van der Waals surface area contributed by atoms with Crippen molar-refractivity contribution in [2.24, 2.45) is 0 Å². The number of ether oxygens (including phenoxy) is 1. The van der Waals surface area contributed by atoms with Crippen LogP contribution in [-0.4, -0.2) is 37.8 Å². The molecule has 138 valence electrons. The molecule has 0 spiro atoms. The number of carbonyl (C=O) groups is 2. The van der Waals surface area contributed by atoms with Crippen molar-refractivity contribution in [3.05, 3.63) is 29.8 Å². The highest BCUT2D eigenvalue weighted by molar-refractivity contribution is 7.91. The van der Waals surface area contributed by atoms with Gasteiger partial charge in [0.15, 0.2) is 9.84 Å². The third kappa shape index (κ3) is 4.94. The van der Waals surface area contributed by atoms with Crippen LogP contribution in [0.15, 0.2) is 29.2 Å². The molecule has 0 fully saturated rings. The van der Waals surface area contributed by atoms with Gasteiger partial charge in [-0.2, -0.15) is 0 Å². The van der Waals surface area contributed by atoms with E-state index in [-0.39, 0.29) is 10.6 Å². The Kier molecular flexibility index (Phi) is 5.41. The normalized spacial score (nSPS) is 20.1. The largest absolute Gasteiger partial charge is 0.444 e. The van der Waals surface area contributed by atoms with Gasteiger partial charge in [0.1, 0.15) is 11.6 Å². The summed E-state index contributed by atoms with van der Waals surface area (Å²) < 4.78 is 29.4. The maximum Gasteiger partial charge on any atom is 0.408 e. The van der Waals surface area contributed by atoms with Crippen molar-refractivity contribution >= 4 is 21.8 Å². The van der Waals surface area contributed by atoms with E-state index in [1.807, 2.05) is 0 Å². The van der Waals surface area contributed by atoms with E-state index in [2.05, 4.69) is 10.6 Å². The van der Waals surface area contributed by atoms with E-state index < -0.39 is 39.5 Å². The fourth-order valence-electron chi connectivity index (χ4n) is 2.59. The number of nitrogens with one attached hydrogen (secondary N) is 2. The van der Waals surface area contributed by atoms with Crippen molar-refractivity contribution in [1.29, 1.82) is 0 Å². The van der Waals surface area contributed by atoms with Crippen molar-refractivity contribution in [3.63, 3.8) is 0 Å². The minimum absolute atomic E-state index is 0.0250. The van der Waals surface area contributed by atoms with Gasteiger partial charge in [0, 0.05) is 0 Å². The number of hydrogen-bond donors (Lipinski definition) is 2. The second-order valence-corrected chi connectivity index (χ2v) is 9.15. The molecule has 2 amide bonds. The standard InChI is InChI=1S/C17H24N2O5S/c1-11(18-16(21)24-17(2,3)4)15(20)19-13-9-10-25(22,23)14-8-6-5-7-12(13)14/h5-8,11,13H,9-10H2,1-4H3,(H,18,21)(H,19,20)/t11-,13-/m0/s1. The lowest BCUT2D eigenvalue weighted by molar-refractivity contribution is -0.123. The Balaban J connectivity index is 2.05. The predicted molar refractivity (Wildman–Crippen MR) is 92.8 cm³/mol. The molecule has 0 saturated heterocycles. The number of benzene rings is 1. The van der Waals surface area contributed by atoms with E-state index in [0.717, 1.165) is 0 Å². The summed E-state index contributed by atoms with van der Waals surface area (Å²) in [7, 11) is -3.31. The number of alkyl carbamates (subject to hydrolysis) is 1. The van der Waals surface area contributed by atoms with Gasteiger partial charge in [0.2, 0.25) is 5.91 Å². The molecule has 1 aromatic rings. The third-order valence-electron chi connectivity index (χ3n) is 3.75. The van der Waals surface area contributed by atoms with E-state index in [1.165, 1.54) is 0 Å². The van der Waals surface area contributed by atoms with Crippen LogP contribution in [0.5, 0.6) is 0 Å². The average Bonchev–Trinajstić information content (AvgIpc) is 2.48. The van der Waals surface area contributed by atoms with Gasteiger partial charge in [-0.15, -0.1) is 0 Å². The first-order valence-corrected chi connectivity index (χ1v) is 9.76. The first kappa shape index (κ1) is 19.2. The van der Waals surface area contributed by atoms with Crippen LogP contribution in [0.4, 0.5) is 4.79 Å². The molecule has 8 heteroatoms. The zero-order chi connectivity index (χ0) is 18.8. The highest BCUT2D eigenvalue weighted by Crippen LogP contribution is 2.31. The molecule has 0 unspecified atom stereocenters. The Morgan fingerprint density at radius 1 is 1.24 bits per heavy atom. The Morgan fingerprint density at radius 3 is 2.52 bits per heavy atom. The van der Waals surface area contributed by atoms with Gasteiger partial charge in [-0.1, -0.05) is 18.2 Å². The van der Waals surface area contributed by atoms with Crippen LogP contribution < -0.4 is 10.6 Å². The zero-order valence-electron chi connectivity index (χ0n) is 14.8. The first-order valence-electron chi connectivity index (χ1n) is 8.11. The SMILES string of the molecule is C[C@H](NC(=O)OC(C)(C)C)C(=O)N[C@H]1CCS(=O)(=O)c2ccccc21. The molecule has 25 heavy (non-hydrogen) atoms. The van der Waals surface area contributed by atoms with Gasteiger partial charge in [-0.3, -0.25) is 4.79 Å². The summed E-state index contributed by atoms with van der Waals surface area (Å²) in [6, 6.07) is 5.43. The van der Waals surface area contributed by atoms with Gasteiger partial charge >= 0.3 is 6.09 Å². The van der Waals surface area contributed by atoms with Crippen molar-refractivity contribution in [2.75, 3.05) is 5.75 Å². The second-order valence-electron chi connectivity index (χ2n) is 7.07.